The fraction of sp³-hybridized carbons (Fsp3) is 0.636. The van der Waals surface area contributed by atoms with Crippen LogP contribution in [0.1, 0.15) is 57.9 Å². The van der Waals surface area contributed by atoms with Crippen LogP contribution in [0.5, 0.6) is 5.75 Å². The van der Waals surface area contributed by atoms with Crippen molar-refractivity contribution in [1.29, 1.82) is 0 Å². The van der Waals surface area contributed by atoms with E-state index in [-0.39, 0.29) is 17.9 Å². The van der Waals surface area contributed by atoms with Crippen LogP contribution in [0.15, 0.2) is 23.2 Å². The highest BCUT2D eigenvalue weighted by Gasteiger charge is 2.31. The number of benzene rings is 1. The van der Waals surface area contributed by atoms with Crippen LogP contribution in [0.25, 0.3) is 0 Å². The highest BCUT2D eigenvalue weighted by Crippen LogP contribution is 2.38. The maximum Gasteiger partial charge on any atom is 0.221 e. The first-order valence-electron chi connectivity index (χ1n) is 10.6. The Labute approximate surface area is 174 Å². The number of carbonyl (C=O) groups excluding carboxylic acids is 1. The number of methoxy groups -OCH3 is 1. The number of aliphatic imine (C=N–C) groups is 1. The van der Waals surface area contributed by atoms with Crippen LogP contribution in [-0.4, -0.2) is 43.8 Å². The van der Waals surface area contributed by atoms with Crippen LogP contribution in [0.4, 0.5) is 5.69 Å². The monoisotopic (exact) mass is 404 g/mol. The zero-order chi connectivity index (χ0) is 21.1. The van der Waals surface area contributed by atoms with Crippen molar-refractivity contribution in [1.82, 2.24) is 10.6 Å². The van der Waals surface area contributed by atoms with Crippen molar-refractivity contribution < 1.29 is 14.6 Å². The molecule has 7 heteroatoms. The number of hydrogen-bond acceptors (Lipinski definition) is 4. The minimum Gasteiger partial charge on any atom is -0.495 e. The fourth-order valence-corrected chi connectivity index (χ4v) is 3.98. The predicted molar refractivity (Wildman–Crippen MR) is 117 cm³/mol. The van der Waals surface area contributed by atoms with Crippen molar-refractivity contribution in [2.75, 3.05) is 32.1 Å². The Morgan fingerprint density at radius 2 is 2.00 bits per heavy atom. The second kappa shape index (κ2) is 11.7. The molecule has 1 fully saturated rings. The number of hydrogen-bond donors (Lipinski definition) is 4. The maximum absolute atomic E-state index is 11.4. The van der Waals surface area contributed by atoms with Gasteiger partial charge >= 0.3 is 0 Å². The minimum absolute atomic E-state index is 0.138. The van der Waals surface area contributed by atoms with Crippen molar-refractivity contribution in [2.45, 2.75) is 58.9 Å². The molecule has 29 heavy (non-hydrogen) atoms. The largest absolute Gasteiger partial charge is 0.495 e. The molecule has 0 saturated heterocycles. The molecular weight excluding hydrogens is 368 g/mol. The minimum atomic E-state index is -0.138. The number of nitrogens with zero attached hydrogens (tertiary/aromatic N) is 1. The number of carbonyl (C=O) groups is 1. The first-order valence-corrected chi connectivity index (χ1v) is 10.6. The SMILES string of the molecule is CCNC(=NCc1ccc(OC)c(NC(C)=O)c1)NCC1(CCO)CCCCC1. The van der Waals surface area contributed by atoms with Crippen LogP contribution in [0.3, 0.4) is 0 Å². The van der Waals surface area contributed by atoms with Crippen LogP contribution in [0, 0.1) is 5.41 Å². The molecule has 1 aromatic rings. The van der Waals surface area contributed by atoms with E-state index in [0.717, 1.165) is 43.9 Å². The fourth-order valence-electron chi connectivity index (χ4n) is 3.98. The second-order valence-corrected chi connectivity index (χ2v) is 7.80. The van der Waals surface area contributed by atoms with Gasteiger partial charge in [0.1, 0.15) is 5.75 Å². The van der Waals surface area contributed by atoms with Crippen molar-refractivity contribution in [2.24, 2.45) is 10.4 Å². The van der Waals surface area contributed by atoms with Crippen molar-refractivity contribution in [3.8, 4) is 5.75 Å². The Morgan fingerprint density at radius 1 is 1.24 bits per heavy atom. The highest BCUT2D eigenvalue weighted by molar-refractivity contribution is 5.90. The number of aliphatic hydroxyl groups excluding tert-OH is 1. The Hall–Kier alpha value is -2.28. The van der Waals surface area contributed by atoms with E-state index in [2.05, 4.69) is 16.0 Å². The topological polar surface area (TPSA) is 95.0 Å². The molecule has 0 unspecified atom stereocenters. The summed E-state index contributed by atoms with van der Waals surface area (Å²) in [6.45, 7) is 5.83. The normalized spacial score (nSPS) is 16.2. The summed E-state index contributed by atoms with van der Waals surface area (Å²) in [6, 6.07) is 5.68. The van der Waals surface area contributed by atoms with Gasteiger partial charge in [-0.15, -0.1) is 0 Å². The lowest BCUT2D eigenvalue weighted by atomic mass is 9.72. The molecule has 7 nitrogen and oxygen atoms in total. The zero-order valence-corrected chi connectivity index (χ0v) is 18.0. The maximum atomic E-state index is 11.4. The molecule has 0 aliphatic heterocycles. The molecule has 1 aromatic carbocycles. The van der Waals surface area contributed by atoms with E-state index in [1.54, 1.807) is 7.11 Å². The third kappa shape index (κ3) is 7.24. The van der Waals surface area contributed by atoms with E-state index in [4.69, 9.17) is 9.73 Å². The van der Waals surface area contributed by atoms with E-state index in [1.807, 2.05) is 25.1 Å². The second-order valence-electron chi connectivity index (χ2n) is 7.80. The average molecular weight is 405 g/mol. The number of rotatable bonds is 9. The van der Waals surface area contributed by atoms with E-state index in [1.165, 1.54) is 26.2 Å². The first-order chi connectivity index (χ1) is 14.0. The lowest BCUT2D eigenvalue weighted by molar-refractivity contribution is -0.114. The van der Waals surface area contributed by atoms with Crippen LogP contribution < -0.4 is 20.7 Å². The summed E-state index contributed by atoms with van der Waals surface area (Å²) in [5.41, 5.74) is 1.78. The molecule has 4 N–H and O–H groups in total. The summed E-state index contributed by atoms with van der Waals surface area (Å²) in [5.74, 6) is 1.26. The highest BCUT2D eigenvalue weighted by atomic mass is 16.5. The van der Waals surface area contributed by atoms with E-state index in [0.29, 0.717) is 18.0 Å². The molecule has 0 bridgehead atoms. The standard InChI is InChI=1S/C22H36N4O3/c1-4-23-21(25-16-22(12-13-27)10-6-5-7-11-22)24-15-18-8-9-20(29-3)19(14-18)26-17(2)28/h8-9,14,27H,4-7,10-13,15-16H2,1-3H3,(H,26,28)(H2,23,24,25). The van der Waals surface area contributed by atoms with Crippen molar-refractivity contribution >= 4 is 17.6 Å². The van der Waals surface area contributed by atoms with Gasteiger partial charge in [-0.1, -0.05) is 25.3 Å². The smallest absolute Gasteiger partial charge is 0.221 e. The Bertz CT molecular complexity index is 679. The van der Waals surface area contributed by atoms with Gasteiger partial charge in [0.25, 0.3) is 0 Å². The molecule has 0 spiro atoms. The van der Waals surface area contributed by atoms with Crippen LogP contribution in [-0.2, 0) is 11.3 Å². The quantitative estimate of drug-likeness (QED) is 0.375. The summed E-state index contributed by atoms with van der Waals surface area (Å²) < 4.78 is 5.31. The number of amides is 1. The third-order valence-corrected chi connectivity index (χ3v) is 5.53. The van der Waals surface area contributed by atoms with Crippen molar-refractivity contribution in [3.63, 3.8) is 0 Å². The molecule has 2 rings (SSSR count). The van der Waals surface area contributed by atoms with Gasteiger partial charge in [-0.05, 0) is 49.3 Å². The Morgan fingerprint density at radius 3 is 2.62 bits per heavy atom. The number of aliphatic hydroxyl groups is 1. The predicted octanol–water partition coefficient (Wildman–Crippen LogP) is 3.04. The van der Waals surface area contributed by atoms with Crippen molar-refractivity contribution in [3.05, 3.63) is 23.8 Å². The molecule has 162 valence electrons. The third-order valence-electron chi connectivity index (χ3n) is 5.53. The van der Waals surface area contributed by atoms with Crippen LogP contribution >= 0.6 is 0 Å². The molecule has 1 amide bonds. The summed E-state index contributed by atoms with van der Waals surface area (Å²) in [5, 5.41) is 19.1. The molecular formula is C22H36N4O3. The number of guanidine groups is 1. The zero-order valence-electron chi connectivity index (χ0n) is 18.0. The van der Waals surface area contributed by atoms with Gasteiger partial charge in [-0.2, -0.15) is 0 Å². The molecule has 1 aliphatic carbocycles. The van der Waals surface area contributed by atoms with Gasteiger partial charge in [0, 0.05) is 26.6 Å². The summed E-state index contributed by atoms with van der Waals surface area (Å²) in [6.07, 6.45) is 6.88. The van der Waals surface area contributed by atoms with Gasteiger partial charge in [0.05, 0.1) is 19.3 Å². The van der Waals surface area contributed by atoms with E-state index in [9.17, 15) is 9.90 Å². The lowest BCUT2D eigenvalue weighted by Gasteiger charge is -2.37. The number of ether oxygens (including phenoxy) is 1. The molecule has 0 radical (unpaired) electrons. The summed E-state index contributed by atoms with van der Waals surface area (Å²) >= 11 is 0. The molecule has 1 aliphatic rings. The lowest BCUT2D eigenvalue weighted by Crippen LogP contribution is -2.44. The van der Waals surface area contributed by atoms with E-state index >= 15 is 0 Å². The Kier molecular flexibility index (Phi) is 9.25. The van der Waals surface area contributed by atoms with Gasteiger partial charge in [-0.25, -0.2) is 4.99 Å². The van der Waals surface area contributed by atoms with Gasteiger partial charge in [0.15, 0.2) is 5.96 Å². The average Bonchev–Trinajstić information content (AvgIpc) is 2.71. The molecule has 1 saturated carbocycles. The molecule has 0 atom stereocenters. The first kappa shape index (κ1) is 23.0. The number of nitrogens with one attached hydrogen (secondary N) is 3. The number of anilines is 1. The van der Waals surface area contributed by atoms with Crippen LogP contribution in [0.2, 0.25) is 0 Å². The Balaban J connectivity index is 2.07. The van der Waals surface area contributed by atoms with Gasteiger partial charge < -0.3 is 25.8 Å². The van der Waals surface area contributed by atoms with E-state index < -0.39 is 0 Å². The molecule has 0 heterocycles. The molecule has 0 aromatic heterocycles. The van der Waals surface area contributed by atoms with Gasteiger partial charge in [0.2, 0.25) is 5.91 Å². The van der Waals surface area contributed by atoms with Gasteiger partial charge in [-0.3, -0.25) is 4.79 Å². The summed E-state index contributed by atoms with van der Waals surface area (Å²) in [4.78, 5) is 16.1. The summed E-state index contributed by atoms with van der Waals surface area (Å²) in [7, 11) is 1.58.